The molecule has 0 spiro atoms. The lowest BCUT2D eigenvalue weighted by molar-refractivity contribution is 0.101. The van der Waals surface area contributed by atoms with Gasteiger partial charge in [0.15, 0.2) is 0 Å². The first-order chi connectivity index (χ1) is 8.66. The van der Waals surface area contributed by atoms with Crippen molar-refractivity contribution < 1.29 is 4.74 Å². The summed E-state index contributed by atoms with van der Waals surface area (Å²) in [6, 6.07) is 6.55. The van der Waals surface area contributed by atoms with E-state index in [-0.39, 0.29) is 6.04 Å². The lowest BCUT2D eigenvalue weighted by Gasteiger charge is -2.15. The Morgan fingerprint density at radius 2 is 2.33 bits per heavy atom. The minimum Gasteiger partial charge on any atom is -0.378 e. The van der Waals surface area contributed by atoms with Crippen molar-refractivity contribution in [3.05, 3.63) is 33.8 Å². The number of rotatable bonds is 5. The second-order valence-electron chi connectivity index (χ2n) is 5.18. The van der Waals surface area contributed by atoms with E-state index in [4.69, 9.17) is 10.5 Å². The molecule has 1 heterocycles. The first-order valence-corrected chi connectivity index (χ1v) is 7.59. The molecule has 18 heavy (non-hydrogen) atoms. The highest BCUT2D eigenvalue weighted by Gasteiger charge is 2.15. The van der Waals surface area contributed by atoms with E-state index in [1.54, 1.807) is 0 Å². The molecule has 1 fully saturated rings. The molecule has 1 saturated heterocycles. The third-order valence-corrected chi connectivity index (χ3v) is 4.54. The molecule has 0 amide bonds. The number of nitrogens with two attached hydrogens (primary N) is 1. The van der Waals surface area contributed by atoms with Crippen LogP contribution in [-0.4, -0.2) is 12.7 Å². The van der Waals surface area contributed by atoms with Crippen molar-refractivity contribution in [2.45, 2.75) is 51.2 Å². The average molecular weight is 312 g/mol. The van der Waals surface area contributed by atoms with Crippen LogP contribution in [0.1, 0.15) is 49.3 Å². The fraction of sp³-hybridized carbons (Fsp3) is 0.600. The molecule has 2 unspecified atom stereocenters. The van der Waals surface area contributed by atoms with Crippen LogP contribution in [-0.2, 0) is 4.74 Å². The summed E-state index contributed by atoms with van der Waals surface area (Å²) in [6.07, 6.45) is 6.28. The molecule has 0 radical (unpaired) electrons. The Hall–Kier alpha value is -0.380. The Bertz CT molecular complexity index is 388. The molecule has 0 aromatic heterocycles. The zero-order chi connectivity index (χ0) is 13.0. The Kier molecular flexibility index (Phi) is 5.22. The minimum absolute atomic E-state index is 0.142. The normalized spacial score (nSPS) is 21.2. The van der Waals surface area contributed by atoms with Gasteiger partial charge in [0.2, 0.25) is 0 Å². The topological polar surface area (TPSA) is 35.2 Å². The summed E-state index contributed by atoms with van der Waals surface area (Å²) in [5.74, 6) is 0. The van der Waals surface area contributed by atoms with Crippen LogP contribution in [0.15, 0.2) is 22.7 Å². The Morgan fingerprint density at radius 3 is 3.00 bits per heavy atom. The second kappa shape index (κ2) is 6.69. The molecule has 0 aliphatic carbocycles. The van der Waals surface area contributed by atoms with E-state index in [2.05, 4.69) is 41.1 Å². The lowest BCUT2D eigenvalue weighted by atomic mass is 9.99. The van der Waals surface area contributed by atoms with Crippen molar-refractivity contribution in [1.82, 2.24) is 0 Å². The van der Waals surface area contributed by atoms with Gasteiger partial charge in [0.05, 0.1) is 6.10 Å². The van der Waals surface area contributed by atoms with E-state index in [0.29, 0.717) is 6.10 Å². The van der Waals surface area contributed by atoms with Gasteiger partial charge in [-0.15, -0.1) is 0 Å². The molecule has 3 heteroatoms. The van der Waals surface area contributed by atoms with Crippen molar-refractivity contribution in [3.63, 3.8) is 0 Å². The summed E-state index contributed by atoms with van der Waals surface area (Å²) < 4.78 is 6.77. The van der Waals surface area contributed by atoms with Crippen molar-refractivity contribution in [2.24, 2.45) is 5.73 Å². The SMILES string of the molecule is Cc1ccc(C(N)CCCC2CCCO2)cc1Br. The smallest absolute Gasteiger partial charge is 0.0576 e. The van der Waals surface area contributed by atoms with E-state index in [9.17, 15) is 0 Å². The number of hydrogen-bond donors (Lipinski definition) is 1. The molecule has 1 aromatic rings. The van der Waals surface area contributed by atoms with Gasteiger partial charge >= 0.3 is 0 Å². The third kappa shape index (κ3) is 3.81. The maximum Gasteiger partial charge on any atom is 0.0576 e. The summed E-state index contributed by atoms with van der Waals surface area (Å²) >= 11 is 3.56. The molecule has 2 N–H and O–H groups in total. The quantitative estimate of drug-likeness (QED) is 0.888. The van der Waals surface area contributed by atoms with Crippen LogP contribution in [0.2, 0.25) is 0 Å². The van der Waals surface area contributed by atoms with Gasteiger partial charge in [0, 0.05) is 17.1 Å². The molecule has 0 saturated carbocycles. The van der Waals surface area contributed by atoms with Crippen molar-refractivity contribution in [1.29, 1.82) is 0 Å². The monoisotopic (exact) mass is 311 g/mol. The molecule has 100 valence electrons. The van der Waals surface area contributed by atoms with Gasteiger partial charge in [0.1, 0.15) is 0 Å². The number of hydrogen-bond acceptors (Lipinski definition) is 2. The maximum absolute atomic E-state index is 6.24. The van der Waals surface area contributed by atoms with E-state index in [1.807, 2.05) is 0 Å². The molecule has 0 bridgehead atoms. The van der Waals surface area contributed by atoms with Gasteiger partial charge in [-0.2, -0.15) is 0 Å². The van der Waals surface area contributed by atoms with Crippen molar-refractivity contribution in [3.8, 4) is 0 Å². The molecule has 1 aromatic carbocycles. The van der Waals surface area contributed by atoms with E-state index in [0.717, 1.165) is 30.3 Å². The highest BCUT2D eigenvalue weighted by molar-refractivity contribution is 9.10. The van der Waals surface area contributed by atoms with Gasteiger partial charge in [-0.25, -0.2) is 0 Å². The average Bonchev–Trinajstić information content (AvgIpc) is 2.85. The van der Waals surface area contributed by atoms with Crippen LogP contribution in [0, 0.1) is 6.92 Å². The third-order valence-electron chi connectivity index (χ3n) is 3.69. The minimum atomic E-state index is 0.142. The van der Waals surface area contributed by atoms with Crippen LogP contribution in [0.3, 0.4) is 0 Å². The van der Waals surface area contributed by atoms with E-state index < -0.39 is 0 Å². The molecular formula is C15H22BrNO. The summed E-state index contributed by atoms with van der Waals surface area (Å²) in [6.45, 7) is 3.04. The first kappa shape index (κ1) is 14.0. The van der Waals surface area contributed by atoms with Gasteiger partial charge in [-0.3, -0.25) is 0 Å². The van der Waals surface area contributed by atoms with Crippen LogP contribution in [0.25, 0.3) is 0 Å². The van der Waals surface area contributed by atoms with Crippen LogP contribution < -0.4 is 5.73 Å². The summed E-state index contributed by atoms with van der Waals surface area (Å²) in [5, 5.41) is 0. The Labute approximate surface area is 118 Å². The summed E-state index contributed by atoms with van der Waals surface area (Å²) in [7, 11) is 0. The molecular weight excluding hydrogens is 290 g/mol. The molecule has 2 nitrogen and oxygen atoms in total. The predicted octanol–water partition coefficient (Wildman–Crippen LogP) is 4.11. The van der Waals surface area contributed by atoms with E-state index >= 15 is 0 Å². The molecule has 2 atom stereocenters. The van der Waals surface area contributed by atoms with E-state index in [1.165, 1.54) is 24.0 Å². The maximum atomic E-state index is 6.24. The van der Waals surface area contributed by atoms with Crippen molar-refractivity contribution in [2.75, 3.05) is 6.61 Å². The Balaban J connectivity index is 1.79. The predicted molar refractivity (Wildman–Crippen MR) is 78.6 cm³/mol. The highest BCUT2D eigenvalue weighted by atomic mass is 79.9. The number of halogens is 1. The van der Waals surface area contributed by atoms with Gasteiger partial charge in [-0.1, -0.05) is 28.1 Å². The van der Waals surface area contributed by atoms with Gasteiger partial charge < -0.3 is 10.5 Å². The zero-order valence-electron chi connectivity index (χ0n) is 11.0. The van der Waals surface area contributed by atoms with Gasteiger partial charge in [-0.05, 0) is 56.2 Å². The first-order valence-electron chi connectivity index (χ1n) is 6.80. The summed E-state index contributed by atoms with van der Waals surface area (Å²) in [5.41, 5.74) is 8.71. The number of ether oxygens (including phenoxy) is 1. The van der Waals surface area contributed by atoms with Crippen LogP contribution >= 0.6 is 15.9 Å². The lowest BCUT2D eigenvalue weighted by Crippen LogP contribution is -2.12. The van der Waals surface area contributed by atoms with Crippen molar-refractivity contribution >= 4 is 15.9 Å². The summed E-state index contributed by atoms with van der Waals surface area (Å²) in [4.78, 5) is 0. The largest absolute Gasteiger partial charge is 0.378 e. The second-order valence-corrected chi connectivity index (χ2v) is 6.04. The molecule has 2 rings (SSSR count). The van der Waals surface area contributed by atoms with Gasteiger partial charge in [0.25, 0.3) is 0 Å². The number of aryl methyl sites for hydroxylation is 1. The molecule has 1 aliphatic heterocycles. The number of benzene rings is 1. The standard InChI is InChI=1S/C15H22BrNO/c1-11-7-8-12(10-14(11)16)15(17)6-2-4-13-5-3-9-18-13/h7-8,10,13,15H,2-6,9,17H2,1H3. The zero-order valence-corrected chi connectivity index (χ0v) is 12.6. The highest BCUT2D eigenvalue weighted by Crippen LogP contribution is 2.25. The van der Waals surface area contributed by atoms with Crippen LogP contribution in [0.4, 0.5) is 0 Å². The Morgan fingerprint density at radius 1 is 1.50 bits per heavy atom. The fourth-order valence-electron chi connectivity index (χ4n) is 2.44. The van der Waals surface area contributed by atoms with Crippen LogP contribution in [0.5, 0.6) is 0 Å². The fourth-order valence-corrected chi connectivity index (χ4v) is 2.84. The molecule has 1 aliphatic rings.